The van der Waals surface area contributed by atoms with Crippen LogP contribution in [0.3, 0.4) is 0 Å². The molecule has 2 atom stereocenters. The van der Waals surface area contributed by atoms with Gasteiger partial charge in [-0.1, -0.05) is 25.7 Å². The van der Waals surface area contributed by atoms with Crippen LogP contribution in [0.15, 0.2) is 0 Å². The predicted octanol–water partition coefficient (Wildman–Crippen LogP) is 3.43. The van der Waals surface area contributed by atoms with Gasteiger partial charge in [-0.05, 0) is 19.3 Å². The molecule has 1 N–H and O–H groups in total. The molecule has 0 aromatic heterocycles. The van der Waals surface area contributed by atoms with Gasteiger partial charge in [-0.25, -0.2) is 0 Å². The van der Waals surface area contributed by atoms with Gasteiger partial charge in [-0.3, -0.25) is 0 Å². The van der Waals surface area contributed by atoms with Crippen LogP contribution < -0.4 is 0 Å². The van der Waals surface area contributed by atoms with Crippen molar-refractivity contribution in [3.63, 3.8) is 0 Å². The molecule has 0 heterocycles. The normalized spacial score (nSPS) is 27.5. The summed E-state index contributed by atoms with van der Waals surface area (Å²) in [5.41, 5.74) is 0. The molecule has 5 heteroatoms. The molecule has 0 amide bonds. The van der Waals surface area contributed by atoms with Crippen LogP contribution in [-0.2, 0) is 4.74 Å². The predicted molar refractivity (Wildman–Crippen MR) is 58.7 cm³/mol. The molecule has 1 aliphatic rings. The van der Waals surface area contributed by atoms with Crippen molar-refractivity contribution in [3.8, 4) is 0 Å². The van der Waals surface area contributed by atoms with Crippen LogP contribution in [0.5, 0.6) is 0 Å². The van der Waals surface area contributed by atoms with Crippen molar-refractivity contribution in [2.45, 2.75) is 69.8 Å². The van der Waals surface area contributed by atoms with Crippen molar-refractivity contribution >= 4 is 0 Å². The molecule has 1 saturated carbocycles. The standard InChI is InChI=1S/C12H21F3O2/c13-12(14,15)8-5-9-17-11-7-4-2-1-3-6-10(11)16/h10-11,16H,1-9H2. The number of halogens is 3. The lowest BCUT2D eigenvalue weighted by molar-refractivity contribution is -0.140. The molecular formula is C12H21F3O2. The molecule has 0 radical (unpaired) electrons. The number of hydrogen-bond donors (Lipinski definition) is 1. The minimum Gasteiger partial charge on any atom is -0.390 e. The van der Waals surface area contributed by atoms with Crippen molar-refractivity contribution in [3.05, 3.63) is 0 Å². The van der Waals surface area contributed by atoms with Gasteiger partial charge in [0, 0.05) is 13.0 Å². The number of rotatable bonds is 4. The zero-order valence-electron chi connectivity index (χ0n) is 10.0. The van der Waals surface area contributed by atoms with Gasteiger partial charge in [-0.15, -0.1) is 0 Å². The summed E-state index contributed by atoms with van der Waals surface area (Å²) < 4.78 is 41.1. The van der Waals surface area contributed by atoms with Gasteiger partial charge in [0.25, 0.3) is 0 Å². The Labute approximate surface area is 100 Å². The maximum Gasteiger partial charge on any atom is 0.389 e. The third-order valence-corrected chi connectivity index (χ3v) is 3.10. The second-order valence-electron chi connectivity index (χ2n) is 4.69. The van der Waals surface area contributed by atoms with E-state index in [4.69, 9.17) is 4.74 Å². The monoisotopic (exact) mass is 254 g/mol. The van der Waals surface area contributed by atoms with Crippen molar-refractivity contribution in [1.82, 2.24) is 0 Å². The third-order valence-electron chi connectivity index (χ3n) is 3.10. The van der Waals surface area contributed by atoms with Gasteiger partial charge in [0.2, 0.25) is 0 Å². The number of alkyl halides is 3. The van der Waals surface area contributed by atoms with Crippen molar-refractivity contribution in [2.75, 3.05) is 6.61 Å². The van der Waals surface area contributed by atoms with E-state index in [2.05, 4.69) is 0 Å². The number of aliphatic hydroxyl groups is 1. The highest BCUT2D eigenvalue weighted by molar-refractivity contribution is 4.72. The summed E-state index contributed by atoms with van der Waals surface area (Å²) in [5, 5.41) is 9.79. The Morgan fingerprint density at radius 2 is 1.71 bits per heavy atom. The van der Waals surface area contributed by atoms with Crippen LogP contribution in [0.4, 0.5) is 13.2 Å². The molecule has 0 aromatic carbocycles. The van der Waals surface area contributed by atoms with E-state index in [1.54, 1.807) is 0 Å². The fraction of sp³-hybridized carbons (Fsp3) is 1.00. The van der Waals surface area contributed by atoms with E-state index in [-0.39, 0.29) is 19.1 Å². The Balaban J connectivity index is 2.19. The van der Waals surface area contributed by atoms with Gasteiger partial charge >= 0.3 is 6.18 Å². The lowest BCUT2D eigenvalue weighted by Gasteiger charge is -2.25. The van der Waals surface area contributed by atoms with E-state index in [0.29, 0.717) is 6.42 Å². The van der Waals surface area contributed by atoms with E-state index in [9.17, 15) is 18.3 Å². The van der Waals surface area contributed by atoms with Crippen molar-refractivity contribution < 1.29 is 23.0 Å². The number of hydrogen-bond acceptors (Lipinski definition) is 2. The van der Waals surface area contributed by atoms with E-state index >= 15 is 0 Å². The number of ether oxygens (including phenoxy) is 1. The molecule has 102 valence electrons. The molecule has 1 fully saturated rings. The Morgan fingerprint density at radius 3 is 2.35 bits per heavy atom. The quantitative estimate of drug-likeness (QED) is 0.779. The minimum absolute atomic E-state index is 0.0211. The molecule has 0 bridgehead atoms. The molecule has 2 unspecified atom stereocenters. The second-order valence-corrected chi connectivity index (χ2v) is 4.69. The van der Waals surface area contributed by atoms with Gasteiger partial charge in [0.05, 0.1) is 12.2 Å². The Bertz CT molecular complexity index is 206. The SMILES string of the molecule is OC1CCCCCCC1OCCCC(F)(F)F. The van der Waals surface area contributed by atoms with Crippen LogP contribution in [0.2, 0.25) is 0 Å². The third kappa shape index (κ3) is 6.88. The molecule has 0 spiro atoms. The summed E-state index contributed by atoms with van der Waals surface area (Å²) in [4.78, 5) is 0. The van der Waals surface area contributed by atoms with E-state index < -0.39 is 18.7 Å². The summed E-state index contributed by atoms with van der Waals surface area (Å²) in [5.74, 6) is 0. The first-order valence-electron chi connectivity index (χ1n) is 6.35. The molecule has 0 aromatic rings. The fourth-order valence-electron chi connectivity index (χ4n) is 2.13. The summed E-state index contributed by atoms with van der Waals surface area (Å²) >= 11 is 0. The lowest BCUT2D eigenvalue weighted by atomic mass is 9.96. The average Bonchev–Trinajstić information content (AvgIpc) is 2.20. The smallest absolute Gasteiger partial charge is 0.389 e. The van der Waals surface area contributed by atoms with Crippen LogP contribution in [-0.4, -0.2) is 30.1 Å². The Hall–Kier alpha value is -0.290. The molecule has 17 heavy (non-hydrogen) atoms. The average molecular weight is 254 g/mol. The van der Waals surface area contributed by atoms with E-state index in [1.807, 2.05) is 0 Å². The van der Waals surface area contributed by atoms with Gasteiger partial charge < -0.3 is 9.84 Å². The van der Waals surface area contributed by atoms with Crippen LogP contribution >= 0.6 is 0 Å². The fourth-order valence-corrected chi connectivity index (χ4v) is 2.13. The zero-order chi connectivity index (χ0) is 12.7. The highest BCUT2D eigenvalue weighted by atomic mass is 19.4. The second kappa shape index (κ2) is 7.21. The van der Waals surface area contributed by atoms with Crippen LogP contribution in [0.25, 0.3) is 0 Å². The summed E-state index contributed by atoms with van der Waals surface area (Å²) in [6, 6.07) is 0. The summed E-state index contributed by atoms with van der Waals surface area (Å²) in [7, 11) is 0. The Morgan fingerprint density at radius 1 is 1.06 bits per heavy atom. The highest BCUT2D eigenvalue weighted by Crippen LogP contribution is 2.23. The molecule has 1 rings (SSSR count). The van der Waals surface area contributed by atoms with Crippen molar-refractivity contribution in [2.24, 2.45) is 0 Å². The molecule has 0 saturated heterocycles. The maximum atomic E-state index is 11.9. The number of aliphatic hydroxyl groups excluding tert-OH is 1. The topological polar surface area (TPSA) is 29.5 Å². The first kappa shape index (κ1) is 14.8. The van der Waals surface area contributed by atoms with Gasteiger partial charge in [0.1, 0.15) is 0 Å². The van der Waals surface area contributed by atoms with Crippen molar-refractivity contribution in [1.29, 1.82) is 0 Å². The minimum atomic E-state index is -4.11. The molecular weight excluding hydrogens is 233 g/mol. The Kier molecular flexibility index (Phi) is 6.27. The zero-order valence-corrected chi connectivity index (χ0v) is 10.0. The summed E-state index contributed by atoms with van der Waals surface area (Å²) in [6.07, 6.45) is -0.0649. The van der Waals surface area contributed by atoms with Gasteiger partial charge in [-0.2, -0.15) is 13.2 Å². The van der Waals surface area contributed by atoms with E-state index in [0.717, 1.165) is 32.1 Å². The van der Waals surface area contributed by atoms with E-state index in [1.165, 1.54) is 0 Å². The molecule has 2 nitrogen and oxygen atoms in total. The largest absolute Gasteiger partial charge is 0.390 e. The molecule has 1 aliphatic carbocycles. The molecule has 0 aliphatic heterocycles. The highest BCUT2D eigenvalue weighted by Gasteiger charge is 2.27. The lowest BCUT2D eigenvalue weighted by Crippen LogP contribution is -2.30. The first-order chi connectivity index (χ1) is 7.99. The first-order valence-corrected chi connectivity index (χ1v) is 6.35. The maximum absolute atomic E-state index is 11.9. The summed E-state index contributed by atoms with van der Waals surface area (Å²) in [6.45, 7) is 0.0846. The van der Waals surface area contributed by atoms with Crippen LogP contribution in [0.1, 0.15) is 51.4 Å². The van der Waals surface area contributed by atoms with Gasteiger partial charge in [0.15, 0.2) is 0 Å². The van der Waals surface area contributed by atoms with Crippen LogP contribution in [0, 0.1) is 0 Å².